The summed E-state index contributed by atoms with van der Waals surface area (Å²) in [5.41, 5.74) is 0. The summed E-state index contributed by atoms with van der Waals surface area (Å²) in [5.74, 6) is 0.482. The summed E-state index contributed by atoms with van der Waals surface area (Å²) in [5, 5.41) is 9.04. The summed E-state index contributed by atoms with van der Waals surface area (Å²) in [4.78, 5) is -0.213. The maximum Gasteiger partial charge on any atom is 0.500 e. The van der Waals surface area contributed by atoms with Crippen molar-refractivity contribution in [1.82, 2.24) is 6.15 Å². The molecule has 0 radical (unpaired) electrons. The van der Waals surface area contributed by atoms with E-state index >= 15 is 0 Å². The van der Waals surface area contributed by atoms with Crippen molar-refractivity contribution in [2.45, 2.75) is 141 Å². The smallest absolute Gasteiger partial charge is 0.394 e. The number of aliphatic hydroxyl groups is 1. The standard InChI is InChI=1S/C27H57ClO4Si.H3N/c1-6-7-8-9-10-11-12-13-14-15-16-17-18-19-21-26(2)27(3,28)22-20-25-33(30-4,31-5)32-24-23-29;/h26,29H,6-25H2,1-5H3;1H3. The predicted octanol–water partition coefficient (Wildman–Crippen LogP) is 8.67. The Morgan fingerprint density at radius 1 is 0.794 bits per heavy atom. The zero-order valence-corrected chi connectivity index (χ0v) is 25.2. The molecule has 0 aromatic heterocycles. The van der Waals surface area contributed by atoms with E-state index in [1.165, 1.54) is 96.3 Å². The van der Waals surface area contributed by atoms with Gasteiger partial charge in [0.25, 0.3) is 0 Å². The Morgan fingerprint density at radius 2 is 1.24 bits per heavy atom. The number of hydrogen-bond acceptors (Lipinski definition) is 5. The monoisotopic (exact) mass is 525 g/mol. The van der Waals surface area contributed by atoms with E-state index in [1.54, 1.807) is 14.2 Å². The summed E-state index contributed by atoms with van der Waals surface area (Å²) in [7, 11) is 0.580. The maximum atomic E-state index is 9.04. The molecule has 5 nitrogen and oxygen atoms in total. The lowest BCUT2D eigenvalue weighted by atomic mass is 9.86. The van der Waals surface area contributed by atoms with Crippen LogP contribution in [0.25, 0.3) is 0 Å². The van der Waals surface area contributed by atoms with Crippen LogP contribution in [0.4, 0.5) is 0 Å². The first-order valence-electron chi connectivity index (χ1n) is 13.9. The molecule has 34 heavy (non-hydrogen) atoms. The second-order valence-electron chi connectivity index (χ2n) is 10.1. The number of rotatable bonds is 25. The van der Waals surface area contributed by atoms with E-state index in [2.05, 4.69) is 20.8 Å². The first kappa shape index (κ1) is 36.5. The molecule has 0 amide bonds. The molecule has 0 aromatic carbocycles. The van der Waals surface area contributed by atoms with Crippen molar-refractivity contribution in [3.05, 3.63) is 0 Å². The van der Waals surface area contributed by atoms with Gasteiger partial charge in [0.1, 0.15) is 0 Å². The summed E-state index contributed by atoms with van der Waals surface area (Å²) >= 11 is 6.92. The molecule has 2 atom stereocenters. The SMILES string of the molecule is CCCCCCCCCCCCCCCCC(C)C(C)(Cl)CCC[Si](OC)(OC)OCCO.N. The second-order valence-corrected chi connectivity index (χ2v) is 13.9. The molecular weight excluding hydrogens is 466 g/mol. The molecule has 0 heterocycles. The average Bonchev–Trinajstić information content (AvgIpc) is 2.81. The molecule has 0 aliphatic heterocycles. The van der Waals surface area contributed by atoms with Crippen LogP contribution in [0.5, 0.6) is 0 Å². The summed E-state index contributed by atoms with van der Waals surface area (Å²) in [6, 6.07) is 0.730. The number of hydrogen-bond donors (Lipinski definition) is 2. The first-order chi connectivity index (χ1) is 15.9. The van der Waals surface area contributed by atoms with Crippen LogP contribution in [0, 0.1) is 5.92 Å². The van der Waals surface area contributed by atoms with Crippen LogP contribution in [0.2, 0.25) is 6.04 Å². The van der Waals surface area contributed by atoms with Crippen LogP contribution in [-0.4, -0.2) is 46.2 Å². The third-order valence-electron chi connectivity index (χ3n) is 7.20. The van der Waals surface area contributed by atoms with Gasteiger partial charge in [0, 0.05) is 25.1 Å². The van der Waals surface area contributed by atoms with Gasteiger partial charge >= 0.3 is 8.80 Å². The number of alkyl halides is 1. The lowest BCUT2D eigenvalue weighted by Gasteiger charge is -2.31. The van der Waals surface area contributed by atoms with E-state index in [0.717, 1.165) is 18.9 Å². The molecule has 2 unspecified atom stereocenters. The lowest BCUT2D eigenvalue weighted by Crippen LogP contribution is -2.44. The minimum absolute atomic E-state index is 0. The molecule has 0 rings (SSSR count). The Hall–Kier alpha value is 0.307. The Kier molecular flexibility index (Phi) is 25.4. The molecule has 0 aliphatic carbocycles. The van der Waals surface area contributed by atoms with E-state index in [1.807, 2.05) is 0 Å². The minimum atomic E-state index is -2.68. The fourth-order valence-electron chi connectivity index (χ4n) is 4.52. The van der Waals surface area contributed by atoms with E-state index in [9.17, 15) is 0 Å². The normalized spacial score (nSPS) is 14.6. The molecular formula is C27H60ClNO4Si. The highest BCUT2D eigenvalue weighted by atomic mass is 35.5. The van der Waals surface area contributed by atoms with Crippen molar-refractivity contribution in [2.24, 2.45) is 5.92 Å². The van der Waals surface area contributed by atoms with Crippen molar-refractivity contribution in [3.8, 4) is 0 Å². The molecule has 0 bridgehead atoms. The number of halogens is 1. The van der Waals surface area contributed by atoms with Crippen LogP contribution in [0.15, 0.2) is 0 Å². The summed E-state index contributed by atoms with van der Waals surface area (Å²) in [6.07, 6.45) is 22.6. The van der Waals surface area contributed by atoms with Crippen LogP contribution >= 0.6 is 11.6 Å². The fourth-order valence-corrected chi connectivity index (χ4v) is 6.73. The van der Waals surface area contributed by atoms with Crippen molar-refractivity contribution < 1.29 is 18.4 Å². The molecule has 7 heteroatoms. The van der Waals surface area contributed by atoms with Crippen molar-refractivity contribution >= 4 is 20.4 Å². The largest absolute Gasteiger partial charge is 0.500 e. The average molecular weight is 526 g/mol. The zero-order chi connectivity index (χ0) is 24.8. The topological polar surface area (TPSA) is 82.9 Å². The van der Waals surface area contributed by atoms with Crippen LogP contribution in [0.3, 0.4) is 0 Å². The Labute approximate surface area is 219 Å². The molecule has 0 saturated carbocycles. The molecule has 208 valence electrons. The molecule has 0 saturated heterocycles. The zero-order valence-electron chi connectivity index (χ0n) is 23.5. The Balaban J connectivity index is 0. The van der Waals surface area contributed by atoms with E-state index < -0.39 is 8.80 Å². The first-order valence-corrected chi connectivity index (χ1v) is 16.2. The summed E-state index contributed by atoms with van der Waals surface area (Å²) < 4.78 is 16.8. The third kappa shape index (κ3) is 18.6. The molecule has 4 N–H and O–H groups in total. The molecule has 0 fully saturated rings. The van der Waals surface area contributed by atoms with Gasteiger partial charge in [0.05, 0.1) is 13.2 Å². The quantitative estimate of drug-likeness (QED) is 0.0707. The number of aliphatic hydroxyl groups excluding tert-OH is 1. The van der Waals surface area contributed by atoms with Crippen LogP contribution < -0.4 is 6.15 Å². The van der Waals surface area contributed by atoms with Gasteiger partial charge in [-0.25, -0.2) is 0 Å². The molecule has 0 aliphatic rings. The minimum Gasteiger partial charge on any atom is -0.394 e. The van der Waals surface area contributed by atoms with Gasteiger partial charge in [-0.2, -0.15) is 0 Å². The summed E-state index contributed by atoms with van der Waals surface area (Å²) in [6.45, 7) is 6.97. The van der Waals surface area contributed by atoms with Gasteiger partial charge in [-0.15, -0.1) is 11.6 Å². The highest BCUT2D eigenvalue weighted by molar-refractivity contribution is 6.60. The Morgan fingerprint density at radius 3 is 1.65 bits per heavy atom. The highest BCUT2D eigenvalue weighted by Gasteiger charge is 2.39. The van der Waals surface area contributed by atoms with Crippen molar-refractivity contribution in [1.29, 1.82) is 0 Å². The maximum absolute atomic E-state index is 9.04. The van der Waals surface area contributed by atoms with Gasteiger partial charge < -0.3 is 24.5 Å². The molecule has 0 aromatic rings. The third-order valence-corrected chi connectivity index (χ3v) is 10.6. The van der Waals surface area contributed by atoms with Gasteiger partial charge in [-0.05, 0) is 32.1 Å². The fraction of sp³-hybridized carbons (Fsp3) is 1.00. The van der Waals surface area contributed by atoms with E-state index in [-0.39, 0.29) is 24.2 Å². The van der Waals surface area contributed by atoms with E-state index in [0.29, 0.717) is 5.92 Å². The van der Waals surface area contributed by atoms with Crippen molar-refractivity contribution in [2.75, 3.05) is 27.4 Å². The van der Waals surface area contributed by atoms with Crippen molar-refractivity contribution in [3.63, 3.8) is 0 Å². The van der Waals surface area contributed by atoms with Gasteiger partial charge in [0.15, 0.2) is 0 Å². The van der Waals surface area contributed by atoms with Gasteiger partial charge in [-0.3, -0.25) is 0 Å². The molecule has 0 spiro atoms. The van der Waals surface area contributed by atoms with Gasteiger partial charge in [-0.1, -0.05) is 104 Å². The number of unbranched alkanes of at least 4 members (excludes halogenated alkanes) is 13. The predicted molar refractivity (Wildman–Crippen MR) is 150 cm³/mol. The van der Waals surface area contributed by atoms with Crippen LogP contribution in [-0.2, 0) is 13.3 Å². The van der Waals surface area contributed by atoms with E-state index in [4.69, 9.17) is 30.0 Å². The highest BCUT2D eigenvalue weighted by Crippen LogP contribution is 2.35. The Bertz CT molecular complexity index is 425. The lowest BCUT2D eigenvalue weighted by molar-refractivity contribution is 0.0778. The second kappa shape index (κ2) is 23.7. The van der Waals surface area contributed by atoms with Gasteiger partial charge in [0.2, 0.25) is 0 Å². The van der Waals surface area contributed by atoms with Crippen LogP contribution in [0.1, 0.15) is 130 Å².